The first-order valence-electron chi connectivity index (χ1n) is 11.4. The number of fused-ring (bicyclic) bond motifs is 2. The number of aliphatic hydroxyl groups is 3. The molecule has 1 aromatic rings. The van der Waals surface area contributed by atoms with Crippen molar-refractivity contribution >= 4 is 11.6 Å². The van der Waals surface area contributed by atoms with Crippen LogP contribution in [0, 0.1) is 6.92 Å². The van der Waals surface area contributed by atoms with Gasteiger partial charge < -0.3 is 45.4 Å². The number of phenols is 1. The van der Waals surface area contributed by atoms with E-state index in [0.29, 0.717) is 6.42 Å². The van der Waals surface area contributed by atoms with Gasteiger partial charge in [-0.1, -0.05) is 12.2 Å². The van der Waals surface area contributed by atoms with Crippen LogP contribution in [0.3, 0.4) is 0 Å². The van der Waals surface area contributed by atoms with E-state index in [2.05, 4.69) is 10.6 Å². The minimum Gasteiger partial charge on any atom is -0.505 e. The van der Waals surface area contributed by atoms with Gasteiger partial charge in [0.05, 0.1) is 29.4 Å². The molecule has 0 aliphatic carbocycles. The summed E-state index contributed by atoms with van der Waals surface area (Å²) >= 11 is 0. The SMILES string of the molecule is C/C=C/C1=CN2C(=O)c3cc(OC4OC(C)C(NC)C(C)(O)C4O)c(C)c(O)c3NC(O)C2C1. The van der Waals surface area contributed by atoms with E-state index in [1.165, 1.54) is 17.9 Å². The lowest BCUT2D eigenvalue weighted by atomic mass is 9.84. The second kappa shape index (κ2) is 8.86. The fourth-order valence-corrected chi connectivity index (χ4v) is 5.07. The summed E-state index contributed by atoms with van der Waals surface area (Å²) in [7, 11) is 1.66. The van der Waals surface area contributed by atoms with Crippen molar-refractivity contribution in [3.8, 4) is 11.5 Å². The van der Waals surface area contributed by atoms with Crippen LogP contribution in [0.15, 0.2) is 30.0 Å². The van der Waals surface area contributed by atoms with Gasteiger partial charge >= 0.3 is 0 Å². The lowest BCUT2D eigenvalue weighted by molar-refractivity contribution is -0.272. The molecular weight excluding hydrogens is 442 g/mol. The molecule has 0 saturated carbocycles. The number of nitrogens with zero attached hydrogens (tertiary/aromatic N) is 1. The molecule has 0 radical (unpaired) electrons. The van der Waals surface area contributed by atoms with Gasteiger partial charge in [-0.2, -0.15) is 0 Å². The fraction of sp³-hybridized carbons (Fsp3) is 0.542. The maximum atomic E-state index is 13.4. The highest BCUT2D eigenvalue weighted by Gasteiger charge is 2.52. The Hall–Kier alpha value is -2.63. The highest BCUT2D eigenvalue weighted by Crippen LogP contribution is 2.43. The highest BCUT2D eigenvalue weighted by atomic mass is 16.7. The Kier molecular flexibility index (Phi) is 6.38. The van der Waals surface area contributed by atoms with Crippen molar-refractivity contribution in [3.63, 3.8) is 0 Å². The van der Waals surface area contributed by atoms with Crippen molar-refractivity contribution < 1.29 is 34.7 Å². The number of aromatic hydroxyl groups is 1. The number of aliphatic hydroxyl groups excluding tert-OH is 2. The molecule has 0 aromatic heterocycles. The van der Waals surface area contributed by atoms with E-state index in [1.54, 1.807) is 27.1 Å². The van der Waals surface area contributed by atoms with E-state index in [0.717, 1.165) is 5.57 Å². The van der Waals surface area contributed by atoms with Gasteiger partial charge in [0, 0.05) is 11.8 Å². The third-order valence-electron chi connectivity index (χ3n) is 6.97. The summed E-state index contributed by atoms with van der Waals surface area (Å²) < 4.78 is 11.7. The zero-order valence-electron chi connectivity index (χ0n) is 19.9. The fourth-order valence-electron chi connectivity index (χ4n) is 5.07. The maximum Gasteiger partial charge on any atom is 0.260 e. The molecule has 1 aromatic carbocycles. The molecule has 10 nitrogen and oxygen atoms in total. The number of allylic oxidation sites excluding steroid dienone is 2. The molecule has 4 rings (SSSR count). The molecular formula is C24H33N3O7. The number of hydrogen-bond acceptors (Lipinski definition) is 9. The number of likely N-dealkylation sites (N-methyl/N-ethyl adjacent to an activating group) is 1. The number of carbonyl (C=O) groups is 1. The number of amides is 1. The van der Waals surface area contributed by atoms with Crippen molar-refractivity contribution in [2.24, 2.45) is 0 Å². The van der Waals surface area contributed by atoms with Crippen molar-refractivity contribution in [1.29, 1.82) is 0 Å². The first kappa shape index (κ1) is 24.5. The molecule has 0 spiro atoms. The summed E-state index contributed by atoms with van der Waals surface area (Å²) in [6, 6.07) is 0.380. The van der Waals surface area contributed by atoms with Crippen molar-refractivity contribution in [2.75, 3.05) is 12.4 Å². The zero-order chi connectivity index (χ0) is 24.9. The van der Waals surface area contributed by atoms with E-state index in [-0.39, 0.29) is 28.3 Å². The van der Waals surface area contributed by atoms with Crippen LogP contribution < -0.4 is 15.4 Å². The van der Waals surface area contributed by atoms with Gasteiger partial charge in [0.15, 0.2) is 0 Å². The number of benzene rings is 1. The van der Waals surface area contributed by atoms with E-state index in [9.17, 15) is 25.2 Å². The smallest absolute Gasteiger partial charge is 0.260 e. The zero-order valence-corrected chi connectivity index (χ0v) is 19.9. The summed E-state index contributed by atoms with van der Waals surface area (Å²) in [5.41, 5.74) is -0.157. The van der Waals surface area contributed by atoms with Gasteiger partial charge in [-0.3, -0.25) is 4.79 Å². The molecule has 7 unspecified atom stereocenters. The summed E-state index contributed by atoms with van der Waals surface area (Å²) in [4.78, 5) is 14.9. The molecule has 3 heterocycles. The third kappa shape index (κ3) is 3.85. The Morgan fingerprint density at radius 1 is 1.38 bits per heavy atom. The van der Waals surface area contributed by atoms with Gasteiger partial charge in [-0.05, 0) is 52.8 Å². The topological polar surface area (TPSA) is 144 Å². The number of phenolic OH excluding ortho intramolecular Hbond substituents is 1. The second-order valence-electron chi connectivity index (χ2n) is 9.31. The minimum absolute atomic E-state index is 0.107. The van der Waals surface area contributed by atoms with Gasteiger partial charge in [0.2, 0.25) is 6.29 Å². The van der Waals surface area contributed by atoms with Crippen LogP contribution in [0.4, 0.5) is 5.69 Å². The molecule has 186 valence electrons. The average molecular weight is 476 g/mol. The second-order valence-corrected chi connectivity index (χ2v) is 9.31. The summed E-state index contributed by atoms with van der Waals surface area (Å²) in [5, 5.41) is 49.1. The van der Waals surface area contributed by atoms with Crippen LogP contribution in [-0.4, -0.2) is 80.7 Å². The maximum absolute atomic E-state index is 13.4. The summed E-state index contributed by atoms with van der Waals surface area (Å²) in [6.45, 7) is 6.70. The number of carbonyl (C=O) groups excluding carboxylic acids is 1. The molecule has 6 N–H and O–H groups in total. The Labute approximate surface area is 198 Å². The van der Waals surface area contributed by atoms with Crippen LogP contribution in [-0.2, 0) is 4.74 Å². The molecule has 1 saturated heterocycles. The number of rotatable bonds is 4. The molecule has 10 heteroatoms. The van der Waals surface area contributed by atoms with Crippen LogP contribution in [0.5, 0.6) is 11.5 Å². The van der Waals surface area contributed by atoms with Crippen molar-refractivity contribution in [1.82, 2.24) is 10.2 Å². The Morgan fingerprint density at radius 3 is 2.74 bits per heavy atom. The third-order valence-corrected chi connectivity index (χ3v) is 6.97. The Bertz CT molecular complexity index is 1040. The van der Waals surface area contributed by atoms with Crippen LogP contribution in [0.1, 0.15) is 43.1 Å². The monoisotopic (exact) mass is 475 g/mol. The largest absolute Gasteiger partial charge is 0.505 e. The van der Waals surface area contributed by atoms with Gasteiger partial charge in [0.1, 0.15) is 29.4 Å². The minimum atomic E-state index is -1.56. The Balaban J connectivity index is 1.70. The number of ether oxygens (including phenoxy) is 2. The molecule has 1 amide bonds. The molecule has 1 fully saturated rings. The lowest BCUT2D eigenvalue weighted by Crippen LogP contribution is -2.69. The molecule has 3 aliphatic rings. The van der Waals surface area contributed by atoms with E-state index in [1.807, 2.05) is 19.1 Å². The predicted molar refractivity (Wildman–Crippen MR) is 124 cm³/mol. The first-order chi connectivity index (χ1) is 16.0. The number of nitrogens with one attached hydrogen (secondary N) is 2. The van der Waals surface area contributed by atoms with Crippen LogP contribution in [0.25, 0.3) is 0 Å². The van der Waals surface area contributed by atoms with Crippen LogP contribution in [0.2, 0.25) is 0 Å². The number of anilines is 1. The normalized spacial score (nSPS) is 35.5. The summed E-state index contributed by atoms with van der Waals surface area (Å²) in [6.07, 6.45) is 1.64. The van der Waals surface area contributed by atoms with Crippen LogP contribution >= 0.6 is 0 Å². The van der Waals surface area contributed by atoms with Crippen molar-refractivity contribution in [3.05, 3.63) is 41.1 Å². The van der Waals surface area contributed by atoms with E-state index in [4.69, 9.17) is 9.47 Å². The standard InChI is InChI=1S/C24H33N3O7/c1-6-7-13-8-15-21(30)26-17-14(22(31)27(15)10-13)9-16(11(2)18(17)28)34-23-20(29)24(4,32)19(25-5)12(3)33-23/h6-7,9-10,12,15,19-21,23,25-26,28-30,32H,8H2,1-5H3/b7-6+. The van der Waals surface area contributed by atoms with Crippen molar-refractivity contribution in [2.45, 2.75) is 76.5 Å². The lowest BCUT2D eigenvalue weighted by Gasteiger charge is -2.47. The molecule has 3 aliphatic heterocycles. The molecule has 7 atom stereocenters. The van der Waals surface area contributed by atoms with Gasteiger partial charge in [0.25, 0.3) is 5.91 Å². The van der Waals surface area contributed by atoms with E-state index < -0.39 is 48.3 Å². The highest BCUT2D eigenvalue weighted by molar-refractivity contribution is 6.03. The quantitative estimate of drug-likeness (QED) is 0.351. The molecule has 34 heavy (non-hydrogen) atoms. The van der Waals surface area contributed by atoms with Gasteiger partial charge in [-0.25, -0.2) is 0 Å². The van der Waals surface area contributed by atoms with Gasteiger partial charge in [-0.15, -0.1) is 0 Å². The number of hydrogen-bond donors (Lipinski definition) is 6. The predicted octanol–water partition coefficient (Wildman–Crippen LogP) is 0.943. The first-order valence-corrected chi connectivity index (χ1v) is 11.4. The summed E-state index contributed by atoms with van der Waals surface area (Å²) in [5.74, 6) is -0.549. The van der Waals surface area contributed by atoms with E-state index >= 15 is 0 Å². The Morgan fingerprint density at radius 2 is 2.09 bits per heavy atom. The molecule has 0 bridgehead atoms. The average Bonchev–Trinajstić information content (AvgIpc) is 3.17.